The van der Waals surface area contributed by atoms with Crippen LogP contribution in [0, 0.1) is 17.9 Å². The van der Waals surface area contributed by atoms with Crippen LogP contribution in [0.2, 0.25) is 0 Å². The largest absolute Gasteiger partial charge is 0.628 e. The Labute approximate surface area is 232 Å². The summed E-state index contributed by atoms with van der Waals surface area (Å²) in [7, 11) is 1.55. The van der Waals surface area contributed by atoms with E-state index in [1.54, 1.807) is 44.5 Å². The second-order valence-electron chi connectivity index (χ2n) is 10.2. The van der Waals surface area contributed by atoms with E-state index in [9.17, 15) is 14.4 Å². The number of hydrogen-bond donors (Lipinski definition) is 1. The average molecular weight is 558 g/mol. The van der Waals surface area contributed by atoms with Gasteiger partial charge in [-0.2, -0.15) is 14.8 Å². The van der Waals surface area contributed by atoms with Gasteiger partial charge in [-0.25, -0.2) is 8.70 Å². The van der Waals surface area contributed by atoms with Crippen molar-refractivity contribution in [3.8, 4) is 11.4 Å². The number of halogens is 1. The van der Waals surface area contributed by atoms with Gasteiger partial charge in [0.05, 0.1) is 30.8 Å². The molecule has 3 heterocycles. The number of ether oxygens (including phenoxy) is 1. The van der Waals surface area contributed by atoms with Crippen LogP contribution in [0.25, 0.3) is 5.69 Å². The third-order valence-corrected chi connectivity index (χ3v) is 8.49. The van der Waals surface area contributed by atoms with Crippen molar-refractivity contribution in [3.63, 3.8) is 0 Å². The third-order valence-electron chi connectivity index (χ3n) is 7.36. The summed E-state index contributed by atoms with van der Waals surface area (Å²) >= 11 is 1.69. The van der Waals surface area contributed by atoms with Gasteiger partial charge in [0.25, 0.3) is 0 Å². The van der Waals surface area contributed by atoms with E-state index in [-0.39, 0.29) is 22.5 Å². The molecule has 0 amide bonds. The molecular weight excluding hydrogens is 521 g/mol. The Bertz CT molecular complexity index is 1330. The molecule has 2 fully saturated rings. The summed E-state index contributed by atoms with van der Waals surface area (Å²) in [6, 6.07) is 4.49. The Morgan fingerprint density at radius 3 is 2.59 bits per heavy atom. The molecule has 1 aromatic carbocycles. The molecule has 1 unspecified atom stereocenters. The predicted molar refractivity (Wildman–Crippen MR) is 150 cm³/mol. The number of piperazine rings is 1. The van der Waals surface area contributed by atoms with Crippen LogP contribution in [-0.4, -0.2) is 63.0 Å². The molecule has 0 radical (unpaired) electrons. The second-order valence-corrected chi connectivity index (χ2v) is 11.2. The zero-order chi connectivity index (χ0) is 27.5. The lowest BCUT2D eigenvalue weighted by atomic mass is 10.2. The predicted octanol–water partition coefficient (Wildman–Crippen LogP) is 2.83. The van der Waals surface area contributed by atoms with Crippen molar-refractivity contribution in [3.05, 3.63) is 63.4 Å². The number of nitrogens with zero attached hydrogens (tertiary/aromatic N) is 6. The molecule has 1 aliphatic heterocycles. The number of nitrogens with one attached hydrogen (secondary N) is 1. The molecule has 0 bridgehead atoms. The molecule has 2 aromatic heterocycles. The highest BCUT2D eigenvalue weighted by Gasteiger charge is 2.27. The van der Waals surface area contributed by atoms with E-state index in [2.05, 4.69) is 19.3 Å². The number of aryl methyl sites for hydroxylation is 2. The van der Waals surface area contributed by atoms with Gasteiger partial charge in [-0.3, -0.25) is 4.79 Å². The fraction of sp³-hybridized carbons (Fsp3) is 0.519. The van der Waals surface area contributed by atoms with Gasteiger partial charge in [0.1, 0.15) is 23.5 Å². The first-order valence-electron chi connectivity index (χ1n) is 13.6. The van der Waals surface area contributed by atoms with Crippen molar-refractivity contribution >= 4 is 23.5 Å². The zero-order valence-electron chi connectivity index (χ0n) is 22.7. The van der Waals surface area contributed by atoms with Gasteiger partial charge >= 0.3 is 5.56 Å². The molecule has 1 aliphatic carbocycles. The lowest BCUT2D eigenvalue weighted by Gasteiger charge is -2.36. The fourth-order valence-electron chi connectivity index (χ4n) is 5.30. The van der Waals surface area contributed by atoms with E-state index in [0.717, 1.165) is 51.0 Å². The topological polar surface area (TPSA) is 95.9 Å². The summed E-state index contributed by atoms with van der Waals surface area (Å²) in [5.41, 5.74) is 2.37. The summed E-state index contributed by atoms with van der Waals surface area (Å²) in [5, 5.41) is 16.4. The molecule has 2 aliphatic rings. The Hall–Kier alpha value is -2.93. The van der Waals surface area contributed by atoms with Gasteiger partial charge in [-0.1, -0.05) is 11.9 Å². The first-order chi connectivity index (χ1) is 18.8. The number of imidazole rings is 1. The Morgan fingerprint density at radius 1 is 1.18 bits per heavy atom. The van der Waals surface area contributed by atoms with Gasteiger partial charge in [0.15, 0.2) is 0 Å². The second kappa shape index (κ2) is 12.1. The third kappa shape index (κ3) is 6.13. The Kier molecular flexibility index (Phi) is 8.55. The first kappa shape index (κ1) is 27.6. The van der Waals surface area contributed by atoms with Crippen LogP contribution in [0.15, 0.2) is 35.5 Å². The van der Waals surface area contributed by atoms with Crippen LogP contribution in [0.4, 0.5) is 15.9 Å². The van der Waals surface area contributed by atoms with Crippen LogP contribution in [0.1, 0.15) is 43.9 Å². The lowest BCUT2D eigenvalue weighted by molar-refractivity contribution is -0.754. The Balaban J connectivity index is 1.33. The fourth-order valence-corrected chi connectivity index (χ4v) is 6.33. The minimum absolute atomic E-state index is 0.00252. The first-order valence-corrected chi connectivity index (χ1v) is 14.5. The molecule has 1 saturated carbocycles. The number of benzene rings is 1. The highest BCUT2D eigenvalue weighted by molar-refractivity contribution is 7.96. The maximum absolute atomic E-state index is 14.1. The zero-order valence-corrected chi connectivity index (χ0v) is 23.5. The van der Waals surface area contributed by atoms with E-state index in [1.807, 2.05) is 11.5 Å². The summed E-state index contributed by atoms with van der Waals surface area (Å²) in [6.45, 7) is 7.54. The maximum atomic E-state index is 14.1. The van der Waals surface area contributed by atoms with E-state index in [4.69, 9.17) is 4.74 Å². The van der Waals surface area contributed by atoms with E-state index >= 15 is 0 Å². The van der Waals surface area contributed by atoms with Gasteiger partial charge in [0.2, 0.25) is 11.6 Å². The lowest BCUT2D eigenvalue weighted by Crippen LogP contribution is -2.98. The van der Waals surface area contributed by atoms with Crippen LogP contribution in [0.5, 0.6) is 5.75 Å². The summed E-state index contributed by atoms with van der Waals surface area (Å²) in [6.07, 6.45) is 7.41. The smallest absolute Gasteiger partial charge is 0.316 e. The molecule has 1 atom stereocenters. The SMILES string of the molecule is CCn1cnc([NH+](C)[O-])c1CSN1CCN(c2cnn(-c3cc(C)cc(F)c3)c(=O)c2OC2CCCC2)CC1. The van der Waals surface area contributed by atoms with Crippen molar-refractivity contribution in [2.24, 2.45) is 0 Å². The molecule has 3 aromatic rings. The number of anilines is 1. The molecule has 1 N–H and O–H groups in total. The van der Waals surface area contributed by atoms with Crippen molar-refractivity contribution < 1.29 is 14.2 Å². The van der Waals surface area contributed by atoms with Gasteiger partial charge in [-0.05, 0) is 63.3 Å². The number of quaternary nitrogens is 1. The van der Waals surface area contributed by atoms with E-state index < -0.39 is 5.82 Å². The number of hydroxylamine groups is 1. The quantitative estimate of drug-likeness (QED) is 0.317. The summed E-state index contributed by atoms with van der Waals surface area (Å²) in [5.74, 6) is 1.09. The highest BCUT2D eigenvalue weighted by Crippen LogP contribution is 2.31. The van der Waals surface area contributed by atoms with Crippen LogP contribution in [0.3, 0.4) is 0 Å². The highest BCUT2D eigenvalue weighted by atomic mass is 32.2. The van der Waals surface area contributed by atoms with Crippen LogP contribution >= 0.6 is 11.9 Å². The number of aromatic nitrogens is 4. The van der Waals surface area contributed by atoms with Crippen LogP contribution in [-0.2, 0) is 12.3 Å². The molecule has 39 heavy (non-hydrogen) atoms. The number of hydrogen-bond acceptors (Lipinski definition) is 8. The van der Waals surface area contributed by atoms with Crippen molar-refractivity contribution in [1.82, 2.24) is 23.6 Å². The summed E-state index contributed by atoms with van der Waals surface area (Å²) in [4.78, 5) is 20.1. The maximum Gasteiger partial charge on any atom is 0.316 e. The monoisotopic (exact) mass is 557 g/mol. The van der Waals surface area contributed by atoms with E-state index in [0.29, 0.717) is 41.6 Å². The van der Waals surface area contributed by atoms with Gasteiger partial charge < -0.3 is 24.5 Å². The van der Waals surface area contributed by atoms with Crippen molar-refractivity contribution in [2.45, 2.75) is 57.9 Å². The summed E-state index contributed by atoms with van der Waals surface area (Å²) < 4.78 is 26.0. The van der Waals surface area contributed by atoms with E-state index in [1.165, 1.54) is 16.8 Å². The van der Waals surface area contributed by atoms with Gasteiger partial charge in [-0.15, -0.1) is 0 Å². The Morgan fingerprint density at radius 2 is 1.92 bits per heavy atom. The minimum atomic E-state index is -0.410. The molecule has 5 rings (SSSR count). The normalized spacial score (nSPS) is 17.6. The van der Waals surface area contributed by atoms with Crippen molar-refractivity contribution in [1.29, 1.82) is 0 Å². The molecular formula is C27H36FN7O3S. The molecule has 0 spiro atoms. The standard InChI is InChI=1S/C27H36FN7O3S/c1-4-32-18-29-26(31(3)37)24(32)17-39-34-11-9-33(10-12-34)23-16-30-35(21-14-19(2)13-20(28)15-21)27(36)25(23)38-22-7-5-6-8-22/h13-16,18,22,31H,4-12,17H2,1-3H3. The van der Waals surface area contributed by atoms with Gasteiger partial charge in [0, 0.05) is 32.7 Å². The minimum Gasteiger partial charge on any atom is -0.628 e. The molecule has 10 nitrogen and oxygen atoms in total. The van der Waals surface area contributed by atoms with Crippen LogP contribution < -0.4 is 20.3 Å². The molecule has 210 valence electrons. The number of rotatable bonds is 9. The molecule has 1 saturated heterocycles. The average Bonchev–Trinajstić information content (AvgIpc) is 3.58. The molecule has 12 heteroatoms. The van der Waals surface area contributed by atoms with Crippen molar-refractivity contribution in [2.75, 3.05) is 38.1 Å².